The molecule has 15 heavy (non-hydrogen) atoms. The molecule has 2 amide bonds. The van der Waals surface area contributed by atoms with Crippen molar-refractivity contribution in [2.45, 2.75) is 26.5 Å². The van der Waals surface area contributed by atoms with Crippen LogP contribution in [0.3, 0.4) is 0 Å². The molecule has 1 heterocycles. The lowest BCUT2D eigenvalue weighted by Gasteiger charge is -2.09. The zero-order valence-corrected chi connectivity index (χ0v) is 8.86. The van der Waals surface area contributed by atoms with E-state index in [2.05, 4.69) is 10.3 Å². The summed E-state index contributed by atoms with van der Waals surface area (Å²) < 4.78 is 5.41. The molecule has 3 N–H and O–H groups in total. The zero-order valence-electron chi connectivity index (χ0n) is 8.86. The number of primary amides is 1. The molecular formula is C10H15N3O2. The number of pyridine rings is 1. The van der Waals surface area contributed by atoms with E-state index in [1.165, 1.54) is 0 Å². The van der Waals surface area contributed by atoms with Crippen molar-refractivity contribution in [1.29, 1.82) is 0 Å². The average molecular weight is 209 g/mol. The summed E-state index contributed by atoms with van der Waals surface area (Å²) in [5.74, 6) is 0.550. The van der Waals surface area contributed by atoms with Crippen LogP contribution in [0.4, 0.5) is 4.79 Å². The van der Waals surface area contributed by atoms with Crippen molar-refractivity contribution in [3.8, 4) is 5.88 Å². The number of nitrogens with two attached hydrogens (primary N) is 1. The normalized spacial score (nSPS) is 10.1. The van der Waals surface area contributed by atoms with Crippen LogP contribution in [-0.4, -0.2) is 17.1 Å². The molecule has 0 atom stereocenters. The highest BCUT2D eigenvalue weighted by Crippen LogP contribution is 2.10. The fourth-order valence-electron chi connectivity index (χ4n) is 1.06. The highest BCUT2D eigenvalue weighted by atomic mass is 16.5. The number of ether oxygens (including phenoxy) is 1. The van der Waals surface area contributed by atoms with Crippen LogP contribution in [0.2, 0.25) is 0 Å². The Balaban J connectivity index is 2.61. The Hall–Kier alpha value is -1.78. The predicted molar refractivity (Wildman–Crippen MR) is 56.4 cm³/mol. The number of nitrogens with one attached hydrogen (secondary N) is 1. The van der Waals surface area contributed by atoms with Crippen molar-refractivity contribution in [3.63, 3.8) is 0 Å². The van der Waals surface area contributed by atoms with E-state index in [1.807, 2.05) is 13.8 Å². The van der Waals surface area contributed by atoms with Crippen LogP contribution in [0.1, 0.15) is 19.4 Å². The quantitative estimate of drug-likeness (QED) is 0.777. The molecule has 0 bridgehead atoms. The molecule has 1 aromatic heterocycles. The van der Waals surface area contributed by atoms with Crippen LogP contribution in [0, 0.1) is 0 Å². The van der Waals surface area contributed by atoms with Gasteiger partial charge in [0, 0.05) is 18.8 Å². The van der Waals surface area contributed by atoms with Crippen LogP contribution in [0.25, 0.3) is 0 Å². The second kappa shape index (κ2) is 5.19. The number of aromatic nitrogens is 1. The first-order valence-corrected chi connectivity index (χ1v) is 4.73. The van der Waals surface area contributed by atoms with Gasteiger partial charge in [-0.1, -0.05) is 0 Å². The van der Waals surface area contributed by atoms with Crippen LogP contribution in [0.15, 0.2) is 18.3 Å². The summed E-state index contributed by atoms with van der Waals surface area (Å²) in [5, 5.41) is 2.50. The molecule has 0 spiro atoms. The highest BCUT2D eigenvalue weighted by Gasteiger charge is 2.01. The van der Waals surface area contributed by atoms with Crippen molar-refractivity contribution in [2.75, 3.05) is 0 Å². The number of rotatable bonds is 4. The number of hydrogen-bond donors (Lipinski definition) is 2. The summed E-state index contributed by atoms with van der Waals surface area (Å²) >= 11 is 0. The monoisotopic (exact) mass is 209 g/mol. The maximum atomic E-state index is 10.5. The third kappa shape index (κ3) is 4.30. The average Bonchev–Trinajstić information content (AvgIpc) is 2.14. The minimum atomic E-state index is -0.543. The molecule has 0 saturated heterocycles. The first kappa shape index (κ1) is 11.3. The lowest BCUT2D eigenvalue weighted by molar-refractivity contribution is 0.232. The second-order valence-electron chi connectivity index (χ2n) is 3.39. The van der Waals surface area contributed by atoms with Gasteiger partial charge in [-0.15, -0.1) is 0 Å². The van der Waals surface area contributed by atoms with Gasteiger partial charge in [-0.25, -0.2) is 9.78 Å². The minimum absolute atomic E-state index is 0.0804. The Kier molecular flexibility index (Phi) is 3.91. The van der Waals surface area contributed by atoms with E-state index in [9.17, 15) is 4.79 Å². The van der Waals surface area contributed by atoms with Gasteiger partial charge in [0.15, 0.2) is 0 Å². The zero-order chi connectivity index (χ0) is 11.3. The minimum Gasteiger partial charge on any atom is -0.475 e. The lowest BCUT2D eigenvalue weighted by Crippen LogP contribution is -2.28. The number of urea groups is 1. The van der Waals surface area contributed by atoms with Crippen LogP contribution >= 0.6 is 0 Å². The Morgan fingerprint density at radius 3 is 3.00 bits per heavy atom. The largest absolute Gasteiger partial charge is 0.475 e. The van der Waals surface area contributed by atoms with Gasteiger partial charge >= 0.3 is 6.03 Å². The SMILES string of the molecule is CC(C)Oc1cc(CNC(N)=O)ccn1. The molecule has 1 aromatic rings. The molecule has 0 aliphatic rings. The van der Waals surface area contributed by atoms with Crippen LogP contribution in [-0.2, 0) is 6.54 Å². The van der Waals surface area contributed by atoms with Crippen molar-refractivity contribution in [2.24, 2.45) is 5.73 Å². The number of amides is 2. The highest BCUT2D eigenvalue weighted by molar-refractivity contribution is 5.71. The van der Waals surface area contributed by atoms with Gasteiger partial charge in [-0.2, -0.15) is 0 Å². The smallest absolute Gasteiger partial charge is 0.312 e. The standard InChI is InChI=1S/C10H15N3O2/c1-7(2)15-9-5-8(3-4-12-9)6-13-10(11)14/h3-5,7H,6H2,1-2H3,(H3,11,13,14). The summed E-state index contributed by atoms with van der Waals surface area (Å²) in [5.41, 5.74) is 5.86. The van der Waals surface area contributed by atoms with E-state index in [-0.39, 0.29) is 6.10 Å². The van der Waals surface area contributed by atoms with E-state index in [1.54, 1.807) is 18.3 Å². The second-order valence-corrected chi connectivity index (χ2v) is 3.39. The van der Waals surface area contributed by atoms with Gasteiger partial charge in [0.05, 0.1) is 6.10 Å². The molecule has 0 aliphatic heterocycles. The molecule has 0 unspecified atom stereocenters. The molecule has 5 heteroatoms. The van der Waals surface area contributed by atoms with Gasteiger partial charge < -0.3 is 15.8 Å². The van der Waals surface area contributed by atoms with E-state index in [4.69, 9.17) is 10.5 Å². The first-order valence-electron chi connectivity index (χ1n) is 4.73. The van der Waals surface area contributed by atoms with Gasteiger partial charge in [-0.05, 0) is 25.5 Å². The Labute approximate surface area is 88.6 Å². The Bertz CT molecular complexity index is 339. The third-order valence-electron chi connectivity index (χ3n) is 1.62. The third-order valence-corrected chi connectivity index (χ3v) is 1.62. The molecule has 0 saturated carbocycles. The summed E-state index contributed by atoms with van der Waals surface area (Å²) in [4.78, 5) is 14.5. The van der Waals surface area contributed by atoms with Gasteiger partial charge in [-0.3, -0.25) is 0 Å². The molecule has 0 aromatic carbocycles. The maximum Gasteiger partial charge on any atom is 0.312 e. The van der Waals surface area contributed by atoms with E-state index < -0.39 is 6.03 Å². The molecule has 1 rings (SSSR count). The lowest BCUT2D eigenvalue weighted by atomic mass is 10.2. The van der Waals surface area contributed by atoms with Gasteiger partial charge in [0.25, 0.3) is 0 Å². The number of carbonyl (C=O) groups is 1. The topological polar surface area (TPSA) is 77.2 Å². The summed E-state index contributed by atoms with van der Waals surface area (Å²) in [6.45, 7) is 4.23. The predicted octanol–water partition coefficient (Wildman–Crippen LogP) is 1.04. The van der Waals surface area contributed by atoms with Gasteiger partial charge in [0.2, 0.25) is 5.88 Å². The summed E-state index contributed by atoms with van der Waals surface area (Å²) in [6.07, 6.45) is 1.72. The molecule has 5 nitrogen and oxygen atoms in total. The number of carbonyl (C=O) groups excluding carboxylic acids is 1. The van der Waals surface area contributed by atoms with Crippen LogP contribution < -0.4 is 15.8 Å². The molecular weight excluding hydrogens is 194 g/mol. The van der Waals surface area contributed by atoms with Crippen molar-refractivity contribution in [3.05, 3.63) is 23.9 Å². The molecule has 0 aliphatic carbocycles. The Morgan fingerprint density at radius 1 is 1.67 bits per heavy atom. The summed E-state index contributed by atoms with van der Waals surface area (Å²) in [7, 11) is 0. The van der Waals surface area contributed by atoms with Crippen LogP contribution in [0.5, 0.6) is 5.88 Å². The van der Waals surface area contributed by atoms with Crippen molar-refractivity contribution in [1.82, 2.24) is 10.3 Å². The van der Waals surface area contributed by atoms with Gasteiger partial charge in [0.1, 0.15) is 0 Å². The Morgan fingerprint density at radius 2 is 2.40 bits per heavy atom. The molecule has 0 fully saturated rings. The van der Waals surface area contributed by atoms with Crippen molar-refractivity contribution < 1.29 is 9.53 Å². The molecule has 82 valence electrons. The fraction of sp³-hybridized carbons (Fsp3) is 0.400. The first-order chi connectivity index (χ1) is 7.08. The van der Waals surface area contributed by atoms with E-state index in [0.29, 0.717) is 12.4 Å². The fourth-order valence-corrected chi connectivity index (χ4v) is 1.06. The summed E-state index contributed by atoms with van der Waals surface area (Å²) in [6, 6.07) is 3.03. The molecule has 0 radical (unpaired) electrons. The van der Waals surface area contributed by atoms with E-state index in [0.717, 1.165) is 5.56 Å². The number of nitrogens with zero attached hydrogens (tertiary/aromatic N) is 1. The van der Waals surface area contributed by atoms with Crippen molar-refractivity contribution >= 4 is 6.03 Å². The van der Waals surface area contributed by atoms with E-state index >= 15 is 0 Å². The number of hydrogen-bond acceptors (Lipinski definition) is 3. The maximum absolute atomic E-state index is 10.5.